The molecule has 0 aliphatic heterocycles. The largest absolute Gasteiger partial charge is 0.297 e. The zero-order chi connectivity index (χ0) is 13.8. The maximum atomic E-state index is 11.4. The van der Waals surface area contributed by atoms with Crippen molar-refractivity contribution in [2.75, 3.05) is 7.05 Å². The first kappa shape index (κ1) is 13.7. The van der Waals surface area contributed by atoms with Crippen molar-refractivity contribution >= 4 is 17.2 Å². The summed E-state index contributed by atoms with van der Waals surface area (Å²) < 4.78 is 1.79. The quantitative estimate of drug-likeness (QED) is 0.480. The molecule has 2 rings (SSSR count). The van der Waals surface area contributed by atoms with E-state index in [2.05, 4.69) is 15.4 Å². The van der Waals surface area contributed by atoms with E-state index in [-0.39, 0.29) is 5.91 Å². The third kappa shape index (κ3) is 3.63. The predicted octanol–water partition coefficient (Wildman–Crippen LogP) is 0.717. The molecular weight excluding hydrogens is 262 g/mol. The lowest BCUT2D eigenvalue weighted by Crippen LogP contribution is -2.29. The molecule has 19 heavy (non-hydrogen) atoms. The summed E-state index contributed by atoms with van der Waals surface area (Å²) in [5, 5.41) is 4.14. The van der Waals surface area contributed by atoms with E-state index in [1.54, 1.807) is 10.7 Å². The molecule has 0 radical (unpaired) electrons. The van der Waals surface area contributed by atoms with Crippen LogP contribution in [0.2, 0.25) is 0 Å². The summed E-state index contributed by atoms with van der Waals surface area (Å²) in [6, 6.07) is 3.75. The fourth-order valence-corrected chi connectivity index (χ4v) is 2.83. The average Bonchev–Trinajstić information content (AvgIpc) is 2.98. The van der Waals surface area contributed by atoms with E-state index in [0.29, 0.717) is 4.88 Å². The van der Waals surface area contributed by atoms with Crippen LogP contribution in [0.1, 0.15) is 20.1 Å². The van der Waals surface area contributed by atoms with E-state index in [0.717, 1.165) is 18.0 Å². The van der Waals surface area contributed by atoms with Gasteiger partial charge in [-0.05, 0) is 19.2 Å². The van der Waals surface area contributed by atoms with Gasteiger partial charge in [0, 0.05) is 36.8 Å². The molecule has 0 bridgehead atoms. The van der Waals surface area contributed by atoms with Crippen LogP contribution in [0.3, 0.4) is 0 Å². The number of carbonyl (C=O) groups is 1. The topological polar surface area (TPSA) is 76.2 Å². The number of amides is 1. The Bertz CT molecular complexity index is 562. The lowest BCUT2D eigenvalue weighted by molar-refractivity contribution is 0.0957. The number of nitrogens with two attached hydrogens (primary N) is 1. The van der Waals surface area contributed by atoms with Crippen molar-refractivity contribution in [3.63, 3.8) is 0 Å². The highest BCUT2D eigenvalue weighted by Crippen LogP contribution is 2.18. The number of nitrogen functional groups attached to an aromatic ring is 1. The molecule has 0 spiro atoms. The Kier molecular flexibility index (Phi) is 4.31. The number of nitrogens with zero attached hydrogens (tertiary/aromatic N) is 3. The molecule has 2 heterocycles. The maximum absolute atomic E-state index is 11.4. The zero-order valence-electron chi connectivity index (χ0n) is 11.0. The van der Waals surface area contributed by atoms with Crippen molar-refractivity contribution in [2.45, 2.75) is 13.1 Å². The summed E-state index contributed by atoms with van der Waals surface area (Å²) in [4.78, 5) is 15.3. The third-order valence-corrected chi connectivity index (χ3v) is 3.72. The summed E-state index contributed by atoms with van der Waals surface area (Å²) in [5.74, 6) is 4.86. The molecule has 102 valence electrons. The molecule has 0 aliphatic rings. The highest BCUT2D eigenvalue weighted by Gasteiger charge is 2.09. The number of hydrogen-bond acceptors (Lipinski definition) is 5. The third-order valence-electron chi connectivity index (χ3n) is 2.65. The summed E-state index contributed by atoms with van der Waals surface area (Å²) in [7, 11) is 3.94. The van der Waals surface area contributed by atoms with Crippen molar-refractivity contribution in [1.29, 1.82) is 0 Å². The van der Waals surface area contributed by atoms with Crippen molar-refractivity contribution in [3.8, 4) is 0 Å². The molecule has 6 nitrogen and oxygen atoms in total. The fourth-order valence-electron chi connectivity index (χ4n) is 1.84. The predicted molar refractivity (Wildman–Crippen MR) is 74.4 cm³/mol. The molecule has 0 saturated heterocycles. The molecule has 0 aromatic carbocycles. The minimum Gasteiger partial charge on any atom is -0.297 e. The summed E-state index contributed by atoms with van der Waals surface area (Å²) >= 11 is 1.46. The van der Waals surface area contributed by atoms with Gasteiger partial charge < -0.3 is 0 Å². The van der Waals surface area contributed by atoms with E-state index in [4.69, 9.17) is 5.84 Å². The monoisotopic (exact) mass is 279 g/mol. The van der Waals surface area contributed by atoms with Gasteiger partial charge in [-0.3, -0.25) is 19.8 Å². The van der Waals surface area contributed by atoms with Gasteiger partial charge in [-0.2, -0.15) is 5.10 Å². The van der Waals surface area contributed by atoms with Crippen molar-refractivity contribution in [3.05, 3.63) is 39.8 Å². The van der Waals surface area contributed by atoms with E-state index in [1.165, 1.54) is 16.9 Å². The minimum atomic E-state index is -0.244. The van der Waals surface area contributed by atoms with Crippen LogP contribution in [0.4, 0.5) is 0 Å². The van der Waals surface area contributed by atoms with Gasteiger partial charge in [-0.15, -0.1) is 11.3 Å². The normalized spacial score (nSPS) is 10.9. The molecule has 0 saturated carbocycles. The summed E-state index contributed by atoms with van der Waals surface area (Å²) in [6.45, 7) is 1.61. The smallest absolute Gasteiger partial charge is 0.275 e. The van der Waals surface area contributed by atoms with E-state index in [9.17, 15) is 4.79 Å². The standard InChI is InChI=1S/C12H17N5OS/c1-16(6-9-5-14-17(2)7-9)8-10-3-4-11(19-10)12(18)15-13/h3-5,7H,6,8,13H2,1-2H3,(H,15,18). The highest BCUT2D eigenvalue weighted by molar-refractivity contribution is 7.14. The average molecular weight is 279 g/mol. The van der Waals surface area contributed by atoms with E-state index in [1.807, 2.05) is 32.6 Å². The number of aryl methyl sites for hydroxylation is 1. The lowest BCUT2D eigenvalue weighted by Gasteiger charge is -2.14. The van der Waals surface area contributed by atoms with E-state index >= 15 is 0 Å². The first-order chi connectivity index (χ1) is 9.08. The SMILES string of the molecule is CN(Cc1cnn(C)c1)Cc1ccc(C(=O)NN)s1. The van der Waals surface area contributed by atoms with Gasteiger partial charge in [0.15, 0.2) is 0 Å². The van der Waals surface area contributed by atoms with Crippen molar-refractivity contribution in [1.82, 2.24) is 20.1 Å². The van der Waals surface area contributed by atoms with Gasteiger partial charge in [0.1, 0.15) is 0 Å². The van der Waals surface area contributed by atoms with Crippen LogP contribution in [0, 0.1) is 0 Å². The summed E-state index contributed by atoms with van der Waals surface area (Å²) in [5.41, 5.74) is 3.31. The van der Waals surface area contributed by atoms with Gasteiger partial charge in [0.2, 0.25) is 0 Å². The Morgan fingerprint density at radius 2 is 2.32 bits per heavy atom. The van der Waals surface area contributed by atoms with Crippen LogP contribution in [0.15, 0.2) is 24.5 Å². The molecule has 7 heteroatoms. The Morgan fingerprint density at radius 1 is 1.53 bits per heavy atom. The number of aromatic nitrogens is 2. The summed E-state index contributed by atoms with van der Waals surface area (Å²) in [6.07, 6.45) is 3.86. The Labute approximate surface area is 115 Å². The Morgan fingerprint density at radius 3 is 2.95 bits per heavy atom. The van der Waals surface area contributed by atoms with Gasteiger partial charge in [0.25, 0.3) is 5.91 Å². The number of rotatable bonds is 5. The molecule has 2 aromatic rings. The minimum absolute atomic E-state index is 0.244. The molecule has 0 atom stereocenters. The Balaban J connectivity index is 1.93. The van der Waals surface area contributed by atoms with Gasteiger partial charge in [-0.25, -0.2) is 5.84 Å². The van der Waals surface area contributed by atoms with E-state index < -0.39 is 0 Å². The number of thiophene rings is 1. The van der Waals surface area contributed by atoms with Crippen LogP contribution in [0.5, 0.6) is 0 Å². The van der Waals surface area contributed by atoms with Crippen LogP contribution in [0.25, 0.3) is 0 Å². The molecule has 1 amide bonds. The molecule has 0 fully saturated rings. The highest BCUT2D eigenvalue weighted by atomic mass is 32.1. The second-order valence-corrected chi connectivity index (χ2v) is 5.60. The Hall–Kier alpha value is -1.70. The van der Waals surface area contributed by atoms with Gasteiger partial charge in [0.05, 0.1) is 11.1 Å². The number of carbonyl (C=O) groups excluding carboxylic acids is 1. The molecule has 3 N–H and O–H groups in total. The van der Waals surface area contributed by atoms with Gasteiger partial charge in [-0.1, -0.05) is 0 Å². The molecule has 2 aromatic heterocycles. The van der Waals surface area contributed by atoms with Crippen molar-refractivity contribution < 1.29 is 4.79 Å². The van der Waals surface area contributed by atoms with Crippen LogP contribution < -0.4 is 11.3 Å². The van der Waals surface area contributed by atoms with Crippen LogP contribution in [-0.4, -0.2) is 27.6 Å². The van der Waals surface area contributed by atoms with Crippen LogP contribution >= 0.6 is 11.3 Å². The lowest BCUT2D eigenvalue weighted by atomic mass is 10.3. The molecular formula is C12H17N5OS. The number of nitrogens with one attached hydrogen (secondary N) is 1. The molecule has 0 unspecified atom stereocenters. The first-order valence-corrected chi connectivity index (χ1v) is 6.66. The fraction of sp³-hybridized carbons (Fsp3) is 0.333. The van der Waals surface area contributed by atoms with Crippen LogP contribution in [-0.2, 0) is 20.1 Å². The number of hydrazine groups is 1. The molecule has 0 aliphatic carbocycles. The zero-order valence-corrected chi connectivity index (χ0v) is 11.8. The second-order valence-electron chi connectivity index (χ2n) is 4.43. The maximum Gasteiger partial charge on any atom is 0.275 e. The van der Waals surface area contributed by atoms with Gasteiger partial charge >= 0.3 is 0 Å². The first-order valence-electron chi connectivity index (χ1n) is 5.84. The number of hydrogen-bond donors (Lipinski definition) is 2. The second kappa shape index (κ2) is 5.96. The van der Waals surface area contributed by atoms with Crippen molar-refractivity contribution in [2.24, 2.45) is 12.9 Å².